The third-order valence-electron chi connectivity index (χ3n) is 3.99. The van der Waals surface area contributed by atoms with Crippen LogP contribution in [0.3, 0.4) is 0 Å². The van der Waals surface area contributed by atoms with Crippen molar-refractivity contribution in [2.24, 2.45) is 0 Å². The van der Waals surface area contributed by atoms with Gasteiger partial charge in [-0.15, -0.1) is 11.3 Å². The molecular weight excluding hydrogens is 364 g/mol. The fraction of sp³-hybridized carbons (Fsp3) is 0.150. The molecule has 0 bridgehead atoms. The summed E-state index contributed by atoms with van der Waals surface area (Å²) in [4.78, 5) is 9.34. The molecule has 4 aromatic rings. The Bertz CT molecular complexity index is 1010. The number of hydrogen-bond donors (Lipinski definition) is 0. The van der Waals surface area contributed by atoms with Crippen LogP contribution in [0.15, 0.2) is 60.0 Å². The van der Waals surface area contributed by atoms with Crippen molar-refractivity contribution in [3.05, 3.63) is 87.1 Å². The van der Waals surface area contributed by atoms with Gasteiger partial charge in [0.05, 0.1) is 17.2 Å². The minimum atomic E-state index is 0.613. The predicted octanol–water partition coefficient (Wildman–Crippen LogP) is 5.00. The quantitative estimate of drug-likeness (QED) is 0.489. The van der Waals surface area contributed by atoms with Crippen molar-refractivity contribution in [2.45, 2.75) is 19.9 Å². The number of thiazole rings is 1. The molecule has 0 aliphatic rings. The molecule has 4 nitrogen and oxygen atoms in total. The van der Waals surface area contributed by atoms with E-state index >= 15 is 0 Å². The minimum Gasteiger partial charge on any atom is -0.244 e. The van der Waals surface area contributed by atoms with Gasteiger partial charge >= 0.3 is 0 Å². The van der Waals surface area contributed by atoms with Gasteiger partial charge in [0.1, 0.15) is 5.82 Å². The highest BCUT2D eigenvalue weighted by Gasteiger charge is 2.12. The Balaban J connectivity index is 1.54. The van der Waals surface area contributed by atoms with Gasteiger partial charge in [0.2, 0.25) is 0 Å². The molecule has 2 heterocycles. The van der Waals surface area contributed by atoms with Crippen molar-refractivity contribution in [3.63, 3.8) is 0 Å². The largest absolute Gasteiger partial charge is 0.244 e. The normalized spacial score (nSPS) is 11.0. The lowest BCUT2D eigenvalue weighted by Gasteiger charge is -2.04. The van der Waals surface area contributed by atoms with Crippen LogP contribution in [0.4, 0.5) is 0 Å². The Morgan fingerprint density at radius 1 is 1.00 bits per heavy atom. The minimum absolute atomic E-state index is 0.613. The molecule has 0 atom stereocenters. The molecule has 0 N–H and O–H groups in total. The van der Waals surface area contributed by atoms with Crippen molar-refractivity contribution in [3.8, 4) is 11.4 Å². The fourth-order valence-electron chi connectivity index (χ4n) is 2.80. The summed E-state index contributed by atoms with van der Waals surface area (Å²) in [5.41, 5.74) is 3.27. The summed E-state index contributed by atoms with van der Waals surface area (Å²) in [5.74, 6) is 1.64. The van der Waals surface area contributed by atoms with E-state index in [1.54, 1.807) is 11.3 Å². The van der Waals surface area contributed by atoms with Gasteiger partial charge in [-0.2, -0.15) is 5.10 Å². The number of rotatable bonds is 5. The fourth-order valence-corrected chi connectivity index (χ4v) is 3.74. The Morgan fingerprint density at radius 2 is 1.77 bits per heavy atom. The van der Waals surface area contributed by atoms with Crippen LogP contribution in [0.2, 0.25) is 5.02 Å². The standard InChI is InChI=1S/C20H17ClN4S/c1-14-22-20(16-5-3-2-4-6-16)25(24-14)12-18-13-26-19(23-18)11-15-7-9-17(21)10-8-15/h2-10,13H,11-12H2,1H3. The van der Waals surface area contributed by atoms with E-state index < -0.39 is 0 Å². The Kier molecular flexibility index (Phi) is 4.82. The van der Waals surface area contributed by atoms with Crippen molar-refractivity contribution in [2.75, 3.05) is 0 Å². The number of hydrogen-bond acceptors (Lipinski definition) is 4. The van der Waals surface area contributed by atoms with Gasteiger partial charge in [0.15, 0.2) is 5.82 Å². The summed E-state index contributed by atoms with van der Waals surface area (Å²) in [5, 5.41) is 8.47. The maximum atomic E-state index is 5.95. The molecule has 0 fully saturated rings. The molecule has 0 radical (unpaired) electrons. The number of benzene rings is 2. The van der Waals surface area contributed by atoms with Crippen molar-refractivity contribution in [1.82, 2.24) is 19.7 Å². The first-order valence-corrected chi connectivity index (χ1v) is 9.58. The summed E-state index contributed by atoms with van der Waals surface area (Å²) in [6.45, 7) is 2.53. The van der Waals surface area contributed by atoms with Gasteiger partial charge in [-0.25, -0.2) is 14.6 Å². The number of aromatic nitrogens is 4. The first kappa shape index (κ1) is 16.9. The zero-order chi connectivity index (χ0) is 17.9. The summed E-state index contributed by atoms with van der Waals surface area (Å²) in [7, 11) is 0. The van der Waals surface area contributed by atoms with Crippen LogP contribution >= 0.6 is 22.9 Å². The summed E-state index contributed by atoms with van der Waals surface area (Å²) in [6.07, 6.45) is 0.809. The van der Waals surface area contributed by atoms with Crippen LogP contribution in [-0.4, -0.2) is 19.7 Å². The summed E-state index contributed by atoms with van der Waals surface area (Å²) in [6, 6.07) is 18.0. The lowest BCUT2D eigenvalue weighted by atomic mass is 10.2. The highest BCUT2D eigenvalue weighted by molar-refractivity contribution is 7.09. The topological polar surface area (TPSA) is 43.6 Å². The van der Waals surface area contributed by atoms with Crippen molar-refractivity contribution >= 4 is 22.9 Å². The van der Waals surface area contributed by atoms with E-state index in [9.17, 15) is 0 Å². The van der Waals surface area contributed by atoms with Crippen LogP contribution in [0.1, 0.15) is 22.1 Å². The highest BCUT2D eigenvalue weighted by Crippen LogP contribution is 2.20. The van der Waals surface area contributed by atoms with E-state index in [0.29, 0.717) is 6.54 Å². The van der Waals surface area contributed by atoms with Crippen molar-refractivity contribution < 1.29 is 0 Å². The molecule has 2 aromatic heterocycles. The van der Waals surface area contributed by atoms with Crippen LogP contribution in [0.5, 0.6) is 0 Å². The second kappa shape index (κ2) is 7.40. The Hall–Kier alpha value is -2.50. The summed E-state index contributed by atoms with van der Waals surface area (Å²) < 4.78 is 1.92. The molecule has 0 aliphatic heterocycles. The molecule has 130 valence electrons. The van der Waals surface area contributed by atoms with E-state index in [4.69, 9.17) is 16.6 Å². The molecule has 6 heteroatoms. The molecule has 0 spiro atoms. The SMILES string of the molecule is Cc1nc(-c2ccccc2)n(Cc2csc(Cc3ccc(Cl)cc3)n2)n1. The molecule has 0 aliphatic carbocycles. The number of nitrogens with zero attached hydrogens (tertiary/aromatic N) is 4. The number of aryl methyl sites for hydroxylation is 1. The zero-order valence-electron chi connectivity index (χ0n) is 14.3. The van der Waals surface area contributed by atoms with Crippen LogP contribution in [0.25, 0.3) is 11.4 Å². The predicted molar refractivity (Wildman–Crippen MR) is 106 cm³/mol. The molecule has 0 unspecified atom stereocenters. The molecule has 0 saturated heterocycles. The zero-order valence-corrected chi connectivity index (χ0v) is 15.8. The maximum Gasteiger partial charge on any atom is 0.158 e. The van der Waals surface area contributed by atoms with Gasteiger partial charge in [0.25, 0.3) is 0 Å². The summed E-state index contributed by atoms with van der Waals surface area (Å²) >= 11 is 7.62. The Labute approximate surface area is 161 Å². The second-order valence-electron chi connectivity index (χ2n) is 6.04. The van der Waals surface area contributed by atoms with Crippen LogP contribution in [-0.2, 0) is 13.0 Å². The average Bonchev–Trinajstić information content (AvgIpc) is 3.24. The smallest absolute Gasteiger partial charge is 0.158 e. The molecule has 0 saturated carbocycles. The third kappa shape index (κ3) is 3.84. The van der Waals surface area contributed by atoms with E-state index in [1.165, 1.54) is 5.56 Å². The molecule has 26 heavy (non-hydrogen) atoms. The lowest BCUT2D eigenvalue weighted by Crippen LogP contribution is -2.05. The lowest BCUT2D eigenvalue weighted by molar-refractivity contribution is 0.674. The molecule has 4 rings (SSSR count). The van der Waals surface area contributed by atoms with Gasteiger partial charge in [-0.1, -0.05) is 54.1 Å². The second-order valence-corrected chi connectivity index (χ2v) is 7.42. The van der Waals surface area contributed by atoms with Crippen molar-refractivity contribution in [1.29, 1.82) is 0 Å². The van der Waals surface area contributed by atoms with E-state index in [1.807, 2.05) is 66.2 Å². The maximum absolute atomic E-state index is 5.95. The average molecular weight is 381 g/mol. The van der Waals surface area contributed by atoms with Crippen LogP contribution < -0.4 is 0 Å². The van der Waals surface area contributed by atoms with Crippen LogP contribution in [0, 0.1) is 6.92 Å². The van der Waals surface area contributed by atoms with E-state index in [-0.39, 0.29) is 0 Å². The highest BCUT2D eigenvalue weighted by atomic mass is 35.5. The van der Waals surface area contributed by atoms with Gasteiger partial charge in [0, 0.05) is 22.4 Å². The monoisotopic (exact) mass is 380 g/mol. The third-order valence-corrected chi connectivity index (χ3v) is 5.14. The number of halogens is 1. The van der Waals surface area contributed by atoms with Gasteiger partial charge in [-0.3, -0.25) is 0 Å². The Morgan fingerprint density at radius 3 is 2.54 bits per heavy atom. The molecular formula is C20H17ClN4S. The first-order valence-electron chi connectivity index (χ1n) is 8.32. The van der Waals surface area contributed by atoms with Gasteiger partial charge in [-0.05, 0) is 24.6 Å². The van der Waals surface area contributed by atoms with E-state index in [0.717, 1.165) is 39.4 Å². The van der Waals surface area contributed by atoms with E-state index in [2.05, 4.69) is 15.5 Å². The molecule has 0 amide bonds. The first-order chi connectivity index (χ1) is 12.7. The molecule has 2 aromatic carbocycles. The van der Waals surface area contributed by atoms with Gasteiger partial charge < -0.3 is 0 Å².